The van der Waals surface area contributed by atoms with Crippen LogP contribution in [0.3, 0.4) is 0 Å². The Kier molecular flexibility index (Phi) is 6.65. The number of ether oxygens (including phenoxy) is 1. The summed E-state index contributed by atoms with van der Waals surface area (Å²) in [6.07, 6.45) is 0.910. The largest absolute Gasteiger partial charge is 0.484 e. The van der Waals surface area contributed by atoms with Crippen molar-refractivity contribution in [3.63, 3.8) is 0 Å². The average Bonchev–Trinajstić information content (AvgIpc) is 3.08. The van der Waals surface area contributed by atoms with Gasteiger partial charge in [-0.15, -0.1) is 0 Å². The number of anilines is 1. The molecule has 6 heteroatoms. The van der Waals surface area contributed by atoms with Gasteiger partial charge in [-0.25, -0.2) is 4.98 Å². The molecule has 0 unspecified atom stereocenters. The third kappa shape index (κ3) is 5.09. The fourth-order valence-electron chi connectivity index (χ4n) is 3.14. The van der Waals surface area contributed by atoms with Crippen LogP contribution >= 0.6 is 11.3 Å². The predicted octanol–water partition coefficient (Wildman–Crippen LogP) is 2.86. The van der Waals surface area contributed by atoms with E-state index in [2.05, 4.69) is 40.1 Å². The van der Waals surface area contributed by atoms with Crippen molar-refractivity contribution in [3.8, 4) is 5.75 Å². The van der Waals surface area contributed by atoms with E-state index in [1.54, 1.807) is 16.2 Å². The monoisotopic (exact) mass is 398 g/mol. The van der Waals surface area contributed by atoms with Gasteiger partial charge in [-0.2, -0.15) is 0 Å². The number of hydrogen-bond acceptors (Lipinski definition) is 4. The van der Waals surface area contributed by atoms with E-state index in [9.17, 15) is 4.79 Å². The summed E-state index contributed by atoms with van der Waals surface area (Å²) in [5.41, 5.74) is 3.34. The molecule has 148 valence electrons. The van der Waals surface area contributed by atoms with Crippen molar-refractivity contribution >= 4 is 32.6 Å². The van der Waals surface area contributed by atoms with E-state index < -0.39 is 0 Å². The summed E-state index contributed by atoms with van der Waals surface area (Å²) in [5, 5.41) is 0.749. The highest BCUT2D eigenvalue weighted by Crippen LogP contribution is 2.32. The number of carbonyl (C=O) groups excluding carboxylic acids is 1. The molecule has 0 bridgehead atoms. The summed E-state index contributed by atoms with van der Waals surface area (Å²) in [6, 6.07) is 13.7. The number of amides is 1. The first kappa shape index (κ1) is 20.3. The number of carbonyl (C=O) groups is 1. The van der Waals surface area contributed by atoms with E-state index in [1.165, 1.54) is 16.0 Å². The van der Waals surface area contributed by atoms with Crippen molar-refractivity contribution in [3.05, 3.63) is 53.6 Å². The van der Waals surface area contributed by atoms with Crippen LogP contribution in [0.4, 0.5) is 5.13 Å². The van der Waals surface area contributed by atoms with Gasteiger partial charge in [0.05, 0.1) is 30.9 Å². The van der Waals surface area contributed by atoms with Gasteiger partial charge in [0.25, 0.3) is 5.91 Å². The third-order valence-electron chi connectivity index (χ3n) is 4.50. The van der Waals surface area contributed by atoms with Gasteiger partial charge in [0, 0.05) is 13.0 Å². The molecule has 0 fully saturated rings. The molecule has 0 saturated carbocycles. The number of thiazole rings is 1. The molecule has 0 aliphatic carbocycles. The van der Waals surface area contributed by atoms with E-state index in [4.69, 9.17) is 9.72 Å². The van der Waals surface area contributed by atoms with E-state index in [0.717, 1.165) is 28.3 Å². The second kappa shape index (κ2) is 9.17. The minimum atomic E-state index is -0.0639. The normalized spacial score (nSPS) is 11.2. The van der Waals surface area contributed by atoms with Gasteiger partial charge in [-0.3, -0.25) is 9.69 Å². The molecule has 1 heterocycles. The number of fused-ring (bicyclic) bond motifs is 1. The Balaban J connectivity index is 1.81. The number of rotatable bonds is 8. The molecule has 3 aromatic rings. The van der Waals surface area contributed by atoms with Crippen LogP contribution in [-0.4, -0.2) is 44.7 Å². The van der Waals surface area contributed by atoms with Crippen molar-refractivity contribution in [2.75, 3.05) is 38.7 Å². The van der Waals surface area contributed by atoms with Crippen molar-refractivity contribution in [2.24, 2.45) is 0 Å². The van der Waals surface area contributed by atoms with Gasteiger partial charge >= 0.3 is 0 Å². The number of benzene rings is 2. The molecular weight excluding hydrogens is 370 g/mol. The molecule has 0 saturated heterocycles. The molecule has 0 radical (unpaired) electrons. The standard InChI is InChI=1S/C22H27N3O2S/c1-16-13-17(2)21-19(14-16)23-22(28-21)25(12-8-11-24(3)4)20(26)15-27-18-9-6-5-7-10-18/h5-7,9-10,13-14H,8,11-12,15H2,1-4H3/p+1. The van der Waals surface area contributed by atoms with Crippen molar-refractivity contribution in [1.82, 2.24) is 4.98 Å². The van der Waals surface area contributed by atoms with Gasteiger partial charge in [0.2, 0.25) is 0 Å². The highest BCUT2D eigenvalue weighted by molar-refractivity contribution is 7.22. The molecule has 3 rings (SSSR count). The van der Waals surface area contributed by atoms with E-state index in [0.29, 0.717) is 12.3 Å². The Hall–Kier alpha value is -2.44. The Bertz CT molecular complexity index is 938. The van der Waals surface area contributed by atoms with E-state index in [1.807, 2.05) is 30.3 Å². The Morgan fingerprint density at radius 2 is 1.93 bits per heavy atom. The zero-order valence-electron chi connectivity index (χ0n) is 17.0. The molecule has 0 atom stereocenters. The number of aromatic nitrogens is 1. The smallest absolute Gasteiger partial charge is 0.266 e. The average molecular weight is 399 g/mol. The maximum absolute atomic E-state index is 13.0. The summed E-state index contributed by atoms with van der Waals surface area (Å²) in [4.78, 5) is 20.9. The topological polar surface area (TPSA) is 46.9 Å². The third-order valence-corrected chi connectivity index (χ3v) is 5.73. The van der Waals surface area contributed by atoms with Crippen LogP contribution in [0.1, 0.15) is 17.5 Å². The Labute approximate surface area is 170 Å². The molecule has 0 spiro atoms. The number of quaternary nitrogens is 1. The van der Waals surface area contributed by atoms with Crippen LogP contribution in [0.15, 0.2) is 42.5 Å². The van der Waals surface area contributed by atoms with Crippen LogP contribution < -0.4 is 14.5 Å². The van der Waals surface area contributed by atoms with Crippen LogP contribution in [-0.2, 0) is 4.79 Å². The van der Waals surface area contributed by atoms with Gasteiger partial charge in [-0.1, -0.05) is 35.6 Å². The number of para-hydroxylation sites is 1. The van der Waals surface area contributed by atoms with Gasteiger partial charge in [-0.05, 0) is 43.2 Å². The fraction of sp³-hybridized carbons (Fsp3) is 0.364. The summed E-state index contributed by atoms with van der Waals surface area (Å²) in [6.45, 7) is 5.80. The quantitative estimate of drug-likeness (QED) is 0.635. The zero-order chi connectivity index (χ0) is 20.1. The van der Waals surface area contributed by atoms with Crippen molar-refractivity contribution in [2.45, 2.75) is 20.3 Å². The van der Waals surface area contributed by atoms with Crippen LogP contribution in [0.5, 0.6) is 5.75 Å². The van der Waals surface area contributed by atoms with Gasteiger partial charge in [0.15, 0.2) is 11.7 Å². The number of hydrogen-bond donors (Lipinski definition) is 1. The number of nitrogens with one attached hydrogen (secondary N) is 1. The first-order chi connectivity index (χ1) is 13.4. The molecule has 5 nitrogen and oxygen atoms in total. The predicted molar refractivity (Wildman–Crippen MR) is 116 cm³/mol. The summed E-state index contributed by atoms with van der Waals surface area (Å²) < 4.78 is 6.83. The lowest BCUT2D eigenvalue weighted by molar-refractivity contribution is -0.858. The molecule has 28 heavy (non-hydrogen) atoms. The van der Waals surface area contributed by atoms with Crippen LogP contribution in [0, 0.1) is 13.8 Å². The lowest BCUT2D eigenvalue weighted by atomic mass is 10.1. The molecule has 0 aliphatic rings. The maximum Gasteiger partial charge on any atom is 0.266 e. The minimum absolute atomic E-state index is 0.00672. The highest BCUT2D eigenvalue weighted by atomic mass is 32.1. The first-order valence-corrected chi connectivity index (χ1v) is 10.4. The van der Waals surface area contributed by atoms with E-state index in [-0.39, 0.29) is 12.5 Å². The lowest BCUT2D eigenvalue weighted by Gasteiger charge is -2.20. The molecule has 1 aromatic heterocycles. The van der Waals surface area contributed by atoms with Crippen LogP contribution in [0.2, 0.25) is 0 Å². The summed E-state index contributed by atoms with van der Waals surface area (Å²) >= 11 is 1.58. The highest BCUT2D eigenvalue weighted by Gasteiger charge is 2.21. The van der Waals surface area contributed by atoms with Crippen molar-refractivity contribution < 1.29 is 14.4 Å². The zero-order valence-corrected chi connectivity index (χ0v) is 17.8. The maximum atomic E-state index is 13.0. The fourth-order valence-corrected chi connectivity index (χ4v) is 4.20. The van der Waals surface area contributed by atoms with Gasteiger partial charge in [0.1, 0.15) is 5.75 Å². The molecule has 0 aliphatic heterocycles. The second-order valence-electron chi connectivity index (χ2n) is 7.38. The van der Waals surface area contributed by atoms with Gasteiger partial charge < -0.3 is 9.64 Å². The Morgan fingerprint density at radius 3 is 2.64 bits per heavy atom. The lowest BCUT2D eigenvalue weighted by Crippen LogP contribution is -3.05. The minimum Gasteiger partial charge on any atom is -0.484 e. The number of aryl methyl sites for hydroxylation is 2. The summed E-state index contributed by atoms with van der Waals surface area (Å²) in [7, 11) is 4.24. The second-order valence-corrected chi connectivity index (χ2v) is 8.36. The molecule has 1 amide bonds. The van der Waals surface area contributed by atoms with E-state index >= 15 is 0 Å². The molecular formula is C22H28N3O2S+. The molecule has 2 aromatic carbocycles. The first-order valence-electron chi connectivity index (χ1n) is 9.59. The summed E-state index contributed by atoms with van der Waals surface area (Å²) in [5.74, 6) is 0.635. The van der Waals surface area contributed by atoms with Crippen LogP contribution in [0.25, 0.3) is 10.2 Å². The Morgan fingerprint density at radius 1 is 1.18 bits per heavy atom. The van der Waals surface area contributed by atoms with Crippen molar-refractivity contribution in [1.29, 1.82) is 0 Å². The molecule has 1 N–H and O–H groups in total. The number of nitrogens with zero attached hydrogens (tertiary/aromatic N) is 2. The SMILES string of the molecule is Cc1cc(C)c2sc(N(CCC[NH+](C)C)C(=O)COc3ccccc3)nc2c1.